The van der Waals surface area contributed by atoms with E-state index in [4.69, 9.17) is 27.9 Å². The lowest BCUT2D eigenvalue weighted by Crippen LogP contribution is -1.88. The molecule has 0 N–H and O–H groups in total. The van der Waals surface area contributed by atoms with Crippen LogP contribution in [0.2, 0.25) is 10.3 Å². The zero-order valence-electron chi connectivity index (χ0n) is 9.50. The van der Waals surface area contributed by atoms with E-state index in [2.05, 4.69) is 4.98 Å². The summed E-state index contributed by atoms with van der Waals surface area (Å²) in [5.41, 5.74) is 3.05. The Kier molecular flexibility index (Phi) is 3.55. The molecule has 0 aliphatic rings. The van der Waals surface area contributed by atoms with Crippen LogP contribution in [0, 0.1) is 6.92 Å². The van der Waals surface area contributed by atoms with Gasteiger partial charge in [-0.15, -0.1) is 0 Å². The molecule has 0 saturated carbocycles. The van der Waals surface area contributed by atoms with Crippen molar-refractivity contribution in [3.8, 4) is 16.9 Å². The average molecular weight is 268 g/mol. The van der Waals surface area contributed by atoms with Crippen molar-refractivity contribution in [3.63, 3.8) is 0 Å². The maximum absolute atomic E-state index is 5.88. The highest BCUT2D eigenvalue weighted by atomic mass is 35.5. The molecule has 0 bridgehead atoms. The summed E-state index contributed by atoms with van der Waals surface area (Å²) in [5.74, 6) is 0.861. The van der Waals surface area contributed by atoms with Gasteiger partial charge in [-0.2, -0.15) is 0 Å². The monoisotopic (exact) mass is 267 g/mol. The molecular formula is C13H11Cl2NO. The molecule has 2 nitrogen and oxygen atoms in total. The van der Waals surface area contributed by atoms with Gasteiger partial charge < -0.3 is 4.74 Å². The molecule has 0 aliphatic heterocycles. The lowest BCUT2D eigenvalue weighted by Gasteiger charge is -2.08. The Morgan fingerprint density at radius 2 is 1.65 bits per heavy atom. The minimum Gasteiger partial charge on any atom is -0.496 e. The molecule has 0 saturated heterocycles. The molecule has 1 heterocycles. The summed E-state index contributed by atoms with van der Waals surface area (Å²) in [5, 5.41) is 0.780. The fourth-order valence-electron chi connectivity index (χ4n) is 1.69. The predicted octanol–water partition coefficient (Wildman–Crippen LogP) is 4.37. The van der Waals surface area contributed by atoms with Gasteiger partial charge in [0, 0.05) is 0 Å². The number of nitrogens with zero attached hydrogens (tertiary/aromatic N) is 1. The Morgan fingerprint density at radius 1 is 1.00 bits per heavy atom. The summed E-state index contributed by atoms with van der Waals surface area (Å²) < 4.78 is 5.22. The van der Waals surface area contributed by atoms with E-state index in [1.807, 2.05) is 25.1 Å². The molecule has 2 rings (SSSR count). The highest BCUT2D eigenvalue weighted by Gasteiger charge is 2.05. The first-order valence-electron chi connectivity index (χ1n) is 5.08. The molecule has 0 unspecified atom stereocenters. The molecular weight excluding hydrogens is 257 g/mol. The van der Waals surface area contributed by atoms with Gasteiger partial charge in [0.1, 0.15) is 16.1 Å². The zero-order valence-corrected chi connectivity index (χ0v) is 11.0. The van der Waals surface area contributed by atoms with Crippen molar-refractivity contribution in [1.29, 1.82) is 0 Å². The fraction of sp³-hybridized carbons (Fsp3) is 0.154. The number of aryl methyl sites for hydroxylation is 1. The van der Waals surface area contributed by atoms with Gasteiger partial charge in [-0.05, 0) is 47.9 Å². The van der Waals surface area contributed by atoms with Crippen LogP contribution in [0.25, 0.3) is 11.1 Å². The van der Waals surface area contributed by atoms with Crippen LogP contribution < -0.4 is 4.74 Å². The number of aromatic nitrogens is 1. The molecule has 1 aromatic heterocycles. The number of hydrogen-bond acceptors (Lipinski definition) is 2. The van der Waals surface area contributed by atoms with Crippen molar-refractivity contribution >= 4 is 23.2 Å². The predicted molar refractivity (Wildman–Crippen MR) is 71.0 cm³/mol. The Morgan fingerprint density at radius 3 is 2.18 bits per heavy atom. The van der Waals surface area contributed by atoms with E-state index in [-0.39, 0.29) is 0 Å². The van der Waals surface area contributed by atoms with E-state index in [1.54, 1.807) is 19.2 Å². The van der Waals surface area contributed by atoms with Crippen molar-refractivity contribution < 1.29 is 4.74 Å². The van der Waals surface area contributed by atoms with Crippen LogP contribution in [0.1, 0.15) is 5.56 Å². The van der Waals surface area contributed by atoms with Crippen LogP contribution in [-0.4, -0.2) is 12.1 Å². The van der Waals surface area contributed by atoms with E-state index in [0.717, 1.165) is 22.4 Å². The van der Waals surface area contributed by atoms with Gasteiger partial charge in [0.05, 0.1) is 7.11 Å². The molecule has 1 aromatic carbocycles. The maximum Gasteiger partial charge on any atom is 0.131 e. The number of ether oxygens (including phenoxy) is 1. The average Bonchev–Trinajstić information content (AvgIpc) is 2.27. The third-order valence-corrected chi connectivity index (χ3v) is 2.88. The molecule has 4 heteroatoms. The molecule has 0 amide bonds. The topological polar surface area (TPSA) is 22.1 Å². The van der Waals surface area contributed by atoms with Crippen LogP contribution in [0.4, 0.5) is 0 Å². The molecule has 2 aromatic rings. The number of benzene rings is 1. The Bertz CT molecular complexity index is 535. The van der Waals surface area contributed by atoms with Gasteiger partial charge in [0.2, 0.25) is 0 Å². The van der Waals surface area contributed by atoms with Crippen LogP contribution in [0.15, 0.2) is 30.3 Å². The SMILES string of the molecule is COc1ccc(-c2cc(Cl)nc(Cl)c2)cc1C. The Balaban J connectivity index is 2.49. The maximum atomic E-state index is 5.88. The third-order valence-electron chi connectivity index (χ3n) is 2.49. The number of rotatable bonds is 2. The fourth-order valence-corrected chi connectivity index (χ4v) is 2.15. The minimum atomic E-state index is 0.390. The molecule has 0 fully saturated rings. The van der Waals surface area contributed by atoms with Gasteiger partial charge in [0.25, 0.3) is 0 Å². The summed E-state index contributed by atoms with van der Waals surface area (Å²) in [4.78, 5) is 3.92. The second-order valence-electron chi connectivity index (χ2n) is 3.69. The molecule has 88 valence electrons. The van der Waals surface area contributed by atoms with Crippen molar-refractivity contribution in [2.24, 2.45) is 0 Å². The Hall–Kier alpha value is -1.25. The highest BCUT2D eigenvalue weighted by molar-refractivity contribution is 6.32. The first kappa shape index (κ1) is 12.2. The number of halogens is 2. The second-order valence-corrected chi connectivity index (χ2v) is 4.46. The van der Waals surface area contributed by atoms with E-state index in [9.17, 15) is 0 Å². The Labute approximate surface area is 110 Å². The quantitative estimate of drug-likeness (QED) is 0.754. The number of pyridine rings is 1. The lowest BCUT2D eigenvalue weighted by molar-refractivity contribution is 0.412. The van der Waals surface area contributed by atoms with Gasteiger partial charge in [0.15, 0.2) is 0 Å². The van der Waals surface area contributed by atoms with Gasteiger partial charge >= 0.3 is 0 Å². The largest absolute Gasteiger partial charge is 0.496 e. The summed E-state index contributed by atoms with van der Waals surface area (Å²) >= 11 is 11.8. The molecule has 17 heavy (non-hydrogen) atoms. The van der Waals surface area contributed by atoms with Gasteiger partial charge in [-0.1, -0.05) is 29.3 Å². The van der Waals surface area contributed by atoms with Crippen molar-refractivity contribution in [3.05, 3.63) is 46.2 Å². The third kappa shape index (κ3) is 2.71. The number of methoxy groups -OCH3 is 1. The summed E-state index contributed by atoms with van der Waals surface area (Å²) in [6, 6.07) is 9.49. The van der Waals surface area contributed by atoms with E-state index in [1.165, 1.54) is 0 Å². The van der Waals surface area contributed by atoms with Crippen LogP contribution >= 0.6 is 23.2 Å². The first-order valence-corrected chi connectivity index (χ1v) is 5.84. The van der Waals surface area contributed by atoms with E-state index < -0.39 is 0 Å². The van der Waals surface area contributed by atoms with Crippen LogP contribution in [-0.2, 0) is 0 Å². The normalized spacial score (nSPS) is 10.4. The summed E-state index contributed by atoms with van der Waals surface area (Å²) in [6.45, 7) is 1.99. The lowest BCUT2D eigenvalue weighted by atomic mass is 10.0. The van der Waals surface area contributed by atoms with Gasteiger partial charge in [-0.3, -0.25) is 0 Å². The first-order chi connectivity index (χ1) is 8.10. The van der Waals surface area contributed by atoms with Crippen LogP contribution in [0.5, 0.6) is 5.75 Å². The summed E-state index contributed by atoms with van der Waals surface area (Å²) in [7, 11) is 1.65. The van der Waals surface area contributed by atoms with Crippen molar-refractivity contribution in [1.82, 2.24) is 4.98 Å². The van der Waals surface area contributed by atoms with Crippen LogP contribution in [0.3, 0.4) is 0 Å². The molecule has 0 atom stereocenters. The van der Waals surface area contributed by atoms with E-state index in [0.29, 0.717) is 10.3 Å². The smallest absolute Gasteiger partial charge is 0.131 e. The zero-order chi connectivity index (χ0) is 12.4. The standard InChI is InChI=1S/C13H11Cl2NO/c1-8-5-9(3-4-11(8)17-2)10-6-12(14)16-13(15)7-10/h3-7H,1-2H3. The number of hydrogen-bond donors (Lipinski definition) is 0. The van der Waals surface area contributed by atoms with E-state index >= 15 is 0 Å². The highest BCUT2D eigenvalue weighted by Crippen LogP contribution is 2.28. The molecule has 0 aliphatic carbocycles. The second kappa shape index (κ2) is 4.94. The molecule has 0 spiro atoms. The van der Waals surface area contributed by atoms with Crippen molar-refractivity contribution in [2.75, 3.05) is 7.11 Å². The van der Waals surface area contributed by atoms with Gasteiger partial charge in [-0.25, -0.2) is 4.98 Å². The molecule has 0 radical (unpaired) electrons. The summed E-state index contributed by atoms with van der Waals surface area (Å²) in [6.07, 6.45) is 0. The van der Waals surface area contributed by atoms with Crippen molar-refractivity contribution in [2.45, 2.75) is 6.92 Å². The minimum absolute atomic E-state index is 0.390.